The number of rotatable bonds is 11. The van der Waals surface area contributed by atoms with Crippen LogP contribution in [0.25, 0.3) is 10.9 Å². The van der Waals surface area contributed by atoms with Gasteiger partial charge < -0.3 is 15.7 Å². The van der Waals surface area contributed by atoms with Gasteiger partial charge in [-0.05, 0) is 53.8 Å². The molecule has 1 atom stereocenters. The van der Waals surface area contributed by atoms with Gasteiger partial charge in [0, 0.05) is 21.7 Å². The first kappa shape index (κ1) is 25.8. The zero-order chi connectivity index (χ0) is 26.2. The van der Waals surface area contributed by atoms with Gasteiger partial charge in [0.25, 0.3) is 0 Å². The van der Waals surface area contributed by atoms with E-state index in [-0.39, 0.29) is 12.6 Å². The van der Waals surface area contributed by atoms with Crippen LogP contribution in [0.5, 0.6) is 0 Å². The average Bonchev–Trinajstić information content (AvgIpc) is 2.97. The highest BCUT2D eigenvalue weighted by atomic mass is 32.2. The van der Waals surface area contributed by atoms with Crippen molar-refractivity contribution in [3.63, 3.8) is 0 Å². The number of fused-ring (bicyclic) bond motifs is 1. The van der Waals surface area contributed by atoms with Crippen LogP contribution in [-0.2, 0) is 19.4 Å². The van der Waals surface area contributed by atoms with E-state index in [4.69, 9.17) is 9.97 Å². The molecule has 5 aromatic rings. The predicted octanol–water partition coefficient (Wildman–Crippen LogP) is 6.97. The van der Waals surface area contributed by atoms with Crippen molar-refractivity contribution in [1.82, 2.24) is 9.97 Å². The predicted molar refractivity (Wildman–Crippen MR) is 158 cm³/mol. The minimum Gasteiger partial charge on any atom is -0.394 e. The van der Waals surface area contributed by atoms with Crippen LogP contribution in [0.3, 0.4) is 0 Å². The molecule has 0 fully saturated rings. The number of para-hydroxylation sites is 1. The molecule has 1 heterocycles. The van der Waals surface area contributed by atoms with Crippen LogP contribution in [0.2, 0.25) is 0 Å². The third-order valence-electron chi connectivity index (χ3n) is 6.47. The van der Waals surface area contributed by atoms with E-state index in [2.05, 4.69) is 78.2 Å². The van der Waals surface area contributed by atoms with Gasteiger partial charge in [0.2, 0.25) is 5.95 Å². The van der Waals surface area contributed by atoms with Crippen LogP contribution >= 0.6 is 11.8 Å². The summed E-state index contributed by atoms with van der Waals surface area (Å²) in [4.78, 5) is 12.1. The first-order valence-electron chi connectivity index (χ1n) is 13.0. The van der Waals surface area contributed by atoms with E-state index in [0.29, 0.717) is 24.7 Å². The van der Waals surface area contributed by atoms with E-state index in [1.165, 1.54) is 20.9 Å². The second kappa shape index (κ2) is 12.6. The Balaban J connectivity index is 1.37. The highest BCUT2D eigenvalue weighted by molar-refractivity contribution is 7.99. The van der Waals surface area contributed by atoms with E-state index < -0.39 is 0 Å². The first-order valence-corrected chi connectivity index (χ1v) is 13.8. The topological polar surface area (TPSA) is 70.1 Å². The zero-order valence-electron chi connectivity index (χ0n) is 21.5. The normalized spacial score (nSPS) is 11.8. The summed E-state index contributed by atoms with van der Waals surface area (Å²) in [7, 11) is 0. The number of hydrogen-bond acceptors (Lipinski definition) is 6. The highest BCUT2D eigenvalue weighted by Gasteiger charge is 2.14. The largest absolute Gasteiger partial charge is 0.394 e. The van der Waals surface area contributed by atoms with Gasteiger partial charge in [0.15, 0.2) is 0 Å². The second-order valence-electron chi connectivity index (χ2n) is 9.15. The summed E-state index contributed by atoms with van der Waals surface area (Å²) in [5.74, 6) is 1.27. The summed E-state index contributed by atoms with van der Waals surface area (Å²) in [5.41, 5.74) is 4.55. The summed E-state index contributed by atoms with van der Waals surface area (Å²) < 4.78 is 0. The Morgan fingerprint density at radius 1 is 0.763 bits per heavy atom. The van der Waals surface area contributed by atoms with Gasteiger partial charge in [-0.15, -0.1) is 0 Å². The van der Waals surface area contributed by atoms with Crippen LogP contribution < -0.4 is 10.6 Å². The number of hydrogen-bond donors (Lipinski definition) is 3. The summed E-state index contributed by atoms with van der Waals surface area (Å²) in [6.45, 7) is 2.79. The molecular formula is C32H32N4OS. The van der Waals surface area contributed by atoms with Crippen LogP contribution in [-0.4, -0.2) is 27.7 Å². The molecule has 5 nitrogen and oxygen atoms in total. The minimum absolute atomic E-state index is 0.000180. The molecule has 0 saturated heterocycles. The highest BCUT2D eigenvalue weighted by Crippen LogP contribution is 2.33. The van der Waals surface area contributed by atoms with Gasteiger partial charge in [0.05, 0.1) is 18.2 Å². The van der Waals surface area contributed by atoms with Crippen molar-refractivity contribution in [1.29, 1.82) is 0 Å². The Morgan fingerprint density at radius 2 is 1.42 bits per heavy atom. The van der Waals surface area contributed by atoms with Gasteiger partial charge in [-0.1, -0.05) is 97.5 Å². The Morgan fingerprint density at radius 3 is 2.18 bits per heavy atom. The van der Waals surface area contributed by atoms with E-state index in [0.717, 1.165) is 22.9 Å². The molecule has 0 aliphatic carbocycles. The van der Waals surface area contributed by atoms with E-state index in [1.807, 2.05) is 42.5 Å². The molecule has 0 amide bonds. The SMILES string of the molecule is CCc1ccccc1Sc1ccccc1CNc1nc(N[C@H](CO)Cc2ccccc2)c2ccccc2n1. The quantitative estimate of drug-likeness (QED) is 0.175. The molecule has 192 valence electrons. The Kier molecular flexibility index (Phi) is 8.53. The third kappa shape index (κ3) is 6.33. The van der Waals surface area contributed by atoms with Gasteiger partial charge in [0.1, 0.15) is 5.82 Å². The van der Waals surface area contributed by atoms with E-state index >= 15 is 0 Å². The number of nitrogens with zero attached hydrogens (tertiary/aromatic N) is 2. The van der Waals surface area contributed by atoms with E-state index in [9.17, 15) is 5.11 Å². The number of anilines is 2. The molecule has 3 N–H and O–H groups in total. The fraction of sp³-hybridized carbons (Fsp3) is 0.188. The summed E-state index contributed by atoms with van der Waals surface area (Å²) in [6.07, 6.45) is 1.70. The van der Waals surface area contributed by atoms with Crippen molar-refractivity contribution in [3.05, 3.63) is 120 Å². The van der Waals surface area contributed by atoms with Crippen LogP contribution in [0.15, 0.2) is 113 Å². The maximum atomic E-state index is 10.1. The molecule has 4 aromatic carbocycles. The lowest BCUT2D eigenvalue weighted by atomic mass is 10.1. The molecule has 6 heteroatoms. The molecule has 5 rings (SSSR count). The number of aliphatic hydroxyl groups excluding tert-OH is 1. The summed E-state index contributed by atoms with van der Waals surface area (Å²) >= 11 is 1.80. The fourth-order valence-electron chi connectivity index (χ4n) is 4.46. The number of aryl methyl sites for hydroxylation is 1. The number of aromatic nitrogens is 2. The zero-order valence-corrected chi connectivity index (χ0v) is 22.3. The average molecular weight is 521 g/mol. The van der Waals surface area contributed by atoms with E-state index in [1.54, 1.807) is 11.8 Å². The lowest BCUT2D eigenvalue weighted by Crippen LogP contribution is -2.27. The van der Waals surface area contributed by atoms with Gasteiger partial charge in [-0.2, -0.15) is 4.98 Å². The minimum atomic E-state index is -0.167. The molecule has 0 spiro atoms. The van der Waals surface area contributed by atoms with Crippen molar-refractivity contribution in [2.45, 2.75) is 42.1 Å². The first-order chi connectivity index (χ1) is 18.7. The molecular weight excluding hydrogens is 488 g/mol. The van der Waals surface area contributed by atoms with Gasteiger partial charge in [-0.25, -0.2) is 4.98 Å². The molecule has 1 aromatic heterocycles. The molecule has 0 aliphatic heterocycles. The summed E-state index contributed by atoms with van der Waals surface area (Å²) in [5, 5.41) is 18.0. The van der Waals surface area contributed by atoms with Crippen molar-refractivity contribution >= 4 is 34.4 Å². The summed E-state index contributed by atoms with van der Waals surface area (Å²) in [6, 6.07) is 35.0. The van der Waals surface area contributed by atoms with Gasteiger partial charge in [-0.3, -0.25) is 0 Å². The molecule has 0 unspecified atom stereocenters. The Hall–Kier alpha value is -3.87. The third-order valence-corrected chi connectivity index (χ3v) is 7.71. The lowest BCUT2D eigenvalue weighted by molar-refractivity contribution is 0.273. The monoisotopic (exact) mass is 520 g/mol. The number of nitrogens with one attached hydrogen (secondary N) is 2. The Bertz CT molecular complexity index is 1490. The number of benzene rings is 4. The number of aliphatic hydroxyl groups is 1. The van der Waals surface area contributed by atoms with Crippen molar-refractivity contribution in [3.8, 4) is 0 Å². The van der Waals surface area contributed by atoms with Crippen molar-refractivity contribution < 1.29 is 5.11 Å². The maximum Gasteiger partial charge on any atom is 0.225 e. The van der Waals surface area contributed by atoms with Crippen LogP contribution in [0.1, 0.15) is 23.6 Å². The van der Waals surface area contributed by atoms with Crippen molar-refractivity contribution in [2.75, 3.05) is 17.2 Å². The molecule has 0 saturated carbocycles. The standard InChI is InChI=1S/C32H32N4OS/c1-2-24-14-6-10-18-29(24)38-30-19-11-7-15-25(30)21-33-32-35-28-17-9-8-16-27(28)31(36-32)34-26(22-37)20-23-12-4-3-5-13-23/h3-19,26,37H,2,20-22H2,1H3,(H2,33,34,35,36)/t26-/m0/s1. The molecule has 0 aliphatic rings. The van der Waals surface area contributed by atoms with Crippen LogP contribution in [0, 0.1) is 0 Å². The fourth-order valence-corrected chi connectivity index (χ4v) is 5.60. The maximum absolute atomic E-state index is 10.1. The smallest absolute Gasteiger partial charge is 0.225 e. The van der Waals surface area contributed by atoms with Gasteiger partial charge >= 0.3 is 0 Å². The van der Waals surface area contributed by atoms with Crippen LogP contribution in [0.4, 0.5) is 11.8 Å². The molecule has 0 bridgehead atoms. The molecule has 0 radical (unpaired) electrons. The lowest BCUT2D eigenvalue weighted by Gasteiger charge is -2.19. The molecule has 38 heavy (non-hydrogen) atoms. The van der Waals surface area contributed by atoms with Crippen molar-refractivity contribution in [2.24, 2.45) is 0 Å². The Labute approximate surface area is 228 Å². The second-order valence-corrected chi connectivity index (χ2v) is 10.2.